The van der Waals surface area contributed by atoms with Crippen LogP contribution in [0.25, 0.3) is 0 Å². The Morgan fingerprint density at radius 2 is 1.61 bits per heavy atom. The molecule has 2 aromatic rings. The minimum atomic E-state index is -0.968. The minimum absolute atomic E-state index is 0.0304. The number of aromatic hydroxyl groups is 2. The van der Waals surface area contributed by atoms with Crippen molar-refractivity contribution in [3.63, 3.8) is 0 Å². The monoisotopic (exact) mass is 246 g/mol. The van der Waals surface area contributed by atoms with Crippen molar-refractivity contribution in [1.82, 2.24) is 0 Å². The number of rotatable bonds is 3. The molecule has 0 atom stereocenters. The van der Waals surface area contributed by atoms with Crippen molar-refractivity contribution in [3.05, 3.63) is 53.9 Å². The van der Waals surface area contributed by atoms with Crippen molar-refractivity contribution in [2.45, 2.75) is 6.54 Å². The summed E-state index contributed by atoms with van der Waals surface area (Å²) < 4.78 is 1.61. The molecule has 18 heavy (non-hydrogen) atoms. The van der Waals surface area contributed by atoms with Gasteiger partial charge in [-0.2, -0.15) is 4.57 Å². The van der Waals surface area contributed by atoms with Crippen LogP contribution in [0.1, 0.15) is 15.9 Å². The van der Waals surface area contributed by atoms with Gasteiger partial charge in [-0.25, -0.2) is 4.79 Å². The molecule has 0 radical (unpaired) electrons. The summed E-state index contributed by atoms with van der Waals surface area (Å²) in [5, 5.41) is 27.4. The van der Waals surface area contributed by atoms with E-state index in [-0.39, 0.29) is 17.1 Å². The molecular weight excluding hydrogens is 234 g/mol. The molecule has 1 heterocycles. The molecule has 5 heteroatoms. The fraction of sp³-hybridized carbons (Fsp3) is 0.0769. The Kier molecular flexibility index (Phi) is 3.14. The SMILES string of the molecule is O=C(O)c1ccc(C[n+]2cc(O)cc(O)c2)cc1. The van der Waals surface area contributed by atoms with Gasteiger partial charge in [-0.1, -0.05) is 12.1 Å². The van der Waals surface area contributed by atoms with E-state index in [1.165, 1.54) is 30.6 Å². The van der Waals surface area contributed by atoms with Gasteiger partial charge in [-0.15, -0.1) is 0 Å². The molecule has 1 aromatic heterocycles. The summed E-state index contributed by atoms with van der Waals surface area (Å²) in [6.45, 7) is 0.432. The Morgan fingerprint density at radius 3 is 2.11 bits per heavy atom. The first-order valence-corrected chi connectivity index (χ1v) is 5.29. The standard InChI is InChI=1S/C13H11NO4/c15-11-5-12(16)8-14(7-11)6-9-1-3-10(4-2-9)13(17)18/h1-5,7-8H,6H2,(H2-,15,16,17,18)/p+1. The first-order valence-electron chi connectivity index (χ1n) is 5.29. The summed E-state index contributed by atoms with van der Waals surface area (Å²) in [4.78, 5) is 10.7. The van der Waals surface area contributed by atoms with Gasteiger partial charge in [0.1, 0.15) is 0 Å². The molecule has 0 aliphatic heterocycles. The quantitative estimate of drug-likeness (QED) is 0.709. The van der Waals surface area contributed by atoms with E-state index >= 15 is 0 Å². The van der Waals surface area contributed by atoms with Gasteiger partial charge in [-0.3, -0.25) is 0 Å². The summed E-state index contributed by atoms with van der Waals surface area (Å²) in [5.74, 6) is -1.03. The van der Waals surface area contributed by atoms with Crippen LogP contribution in [0, 0.1) is 0 Å². The van der Waals surface area contributed by atoms with Gasteiger partial charge < -0.3 is 15.3 Å². The van der Waals surface area contributed by atoms with Crippen LogP contribution in [0.15, 0.2) is 42.7 Å². The maximum Gasteiger partial charge on any atom is 0.335 e. The van der Waals surface area contributed by atoms with E-state index in [2.05, 4.69) is 0 Å². The third-order valence-corrected chi connectivity index (χ3v) is 2.46. The molecule has 1 aromatic carbocycles. The molecule has 0 aliphatic carbocycles. The summed E-state index contributed by atoms with van der Waals surface area (Å²) in [5.41, 5.74) is 1.09. The molecule has 2 rings (SSSR count). The second-order valence-corrected chi connectivity index (χ2v) is 3.93. The number of pyridine rings is 1. The fourth-order valence-electron chi connectivity index (χ4n) is 1.66. The van der Waals surface area contributed by atoms with Gasteiger partial charge in [0.05, 0.1) is 5.56 Å². The van der Waals surface area contributed by atoms with Gasteiger partial charge in [-0.05, 0) is 12.1 Å². The van der Waals surface area contributed by atoms with Crippen LogP contribution in [0.2, 0.25) is 0 Å². The van der Waals surface area contributed by atoms with Crippen LogP contribution in [0.3, 0.4) is 0 Å². The summed E-state index contributed by atoms with van der Waals surface area (Å²) in [7, 11) is 0. The summed E-state index contributed by atoms with van der Waals surface area (Å²) in [6, 6.07) is 7.65. The summed E-state index contributed by atoms with van der Waals surface area (Å²) >= 11 is 0. The molecule has 0 fully saturated rings. The number of aromatic nitrogens is 1. The molecule has 5 nitrogen and oxygen atoms in total. The third-order valence-electron chi connectivity index (χ3n) is 2.46. The van der Waals surface area contributed by atoms with Gasteiger partial charge in [0.25, 0.3) is 0 Å². The van der Waals surface area contributed by atoms with E-state index in [0.29, 0.717) is 6.54 Å². The lowest BCUT2D eigenvalue weighted by Crippen LogP contribution is -2.33. The zero-order chi connectivity index (χ0) is 13.1. The van der Waals surface area contributed by atoms with Crippen molar-refractivity contribution < 1.29 is 24.7 Å². The number of hydrogen-bond acceptors (Lipinski definition) is 3. The predicted octanol–water partition coefficient (Wildman–Crippen LogP) is 1.13. The summed E-state index contributed by atoms with van der Waals surface area (Å²) in [6.07, 6.45) is 2.95. The number of aromatic carboxylic acids is 1. The highest BCUT2D eigenvalue weighted by Gasteiger charge is 2.08. The zero-order valence-corrected chi connectivity index (χ0v) is 9.45. The molecule has 0 spiro atoms. The second-order valence-electron chi connectivity index (χ2n) is 3.93. The Bertz CT molecular complexity index is 558. The van der Waals surface area contributed by atoms with Crippen LogP contribution >= 0.6 is 0 Å². The second kappa shape index (κ2) is 4.75. The lowest BCUT2D eigenvalue weighted by molar-refractivity contribution is -0.689. The van der Waals surface area contributed by atoms with E-state index in [0.717, 1.165) is 5.56 Å². The Hall–Kier alpha value is -2.56. The van der Waals surface area contributed by atoms with Crippen LogP contribution in [0.4, 0.5) is 0 Å². The van der Waals surface area contributed by atoms with Crippen LogP contribution in [0.5, 0.6) is 11.5 Å². The number of carboxylic acid groups (broad SMARTS) is 1. The number of nitrogens with zero attached hydrogens (tertiary/aromatic N) is 1. The van der Waals surface area contributed by atoms with Gasteiger partial charge in [0.15, 0.2) is 18.0 Å². The van der Waals surface area contributed by atoms with E-state index in [9.17, 15) is 15.0 Å². The Labute approximate surface area is 103 Å². The average Bonchev–Trinajstić information content (AvgIpc) is 2.28. The Balaban J connectivity index is 2.20. The maximum absolute atomic E-state index is 10.7. The van der Waals surface area contributed by atoms with Gasteiger partial charge in [0, 0.05) is 11.6 Å². The maximum atomic E-state index is 10.7. The minimum Gasteiger partial charge on any atom is -0.503 e. The highest BCUT2D eigenvalue weighted by Crippen LogP contribution is 2.13. The molecule has 0 aliphatic rings. The molecule has 0 unspecified atom stereocenters. The van der Waals surface area contributed by atoms with Crippen LogP contribution in [-0.2, 0) is 6.54 Å². The lowest BCUT2D eigenvalue weighted by Gasteiger charge is -2.00. The molecular formula is C13H12NO4+. The molecule has 0 bridgehead atoms. The first-order chi connectivity index (χ1) is 8.54. The van der Waals surface area contributed by atoms with Crippen molar-refractivity contribution in [2.75, 3.05) is 0 Å². The van der Waals surface area contributed by atoms with E-state index in [4.69, 9.17) is 5.11 Å². The predicted molar refractivity (Wildman–Crippen MR) is 62.5 cm³/mol. The fourth-order valence-corrected chi connectivity index (χ4v) is 1.66. The normalized spacial score (nSPS) is 10.2. The molecule has 92 valence electrons. The number of carboxylic acids is 1. The number of carbonyl (C=O) groups is 1. The highest BCUT2D eigenvalue weighted by molar-refractivity contribution is 5.87. The molecule has 0 saturated heterocycles. The van der Waals surface area contributed by atoms with E-state index < -0.39 is 5.97 Å². The third kappa shape index (κ3) is 2.76. The molecule has 0 saturated carbocycles. The smallest absolute Gasteiger partial charge is 0.335 e. The molecule has 0 amide bonds. The number of hydrogen-bond donors (Lipinski definition) is 3. The molecule has 3 N–H and O–H groups in total. The van der Waals surface area contributed by atoms with Crippen molar-refractivity contribution >= 4 is 5.97 Å². The largest absolute Gasteiger partial charge is 0.503 e. The van der Waals surface area contributed by atoms with Crippen LogP contribution in [-0.4, -0.2) is 21.3 Å². The Morgan fingerprint density at radius 1 is 1.06 bits per heavy atom. The average molecular weight is 246 g/mol. The highest BCUT2D eigenvalue weighted by atomic mass is 16.4. The van der Waals surface area contributed by atoms with Gasteiger partial charge >= 0.3 is 5.97 Å². The number of benzene rings is 1. The first kappa shape index (κ1) is 11.9. The zero-order valence-electron chi connectivity index (χ0n) is 9.45. The van der Waals surface area contributed by atoms with Crippen molar-refractivity contribution in [1.29, 1.82) is 0 Å². The lowest BCUT2D eigenvalue weighted by atomic mass is 10.1. The van der Waals surface area contributed by atoms with Crippen molar-refractivity contribution in [3.8, 4) is 11.5 Å². The van der Waals surface area contributed by atoms with Crippen LogP contribution < -0.4 is 4.57 Å². The topological polar surface area (TPSA) is 81.6 Å². The van der Waals surface area contributed by atoms with E-state index in [1.807, 2.05) is 0 Å². The van der Waals surface area contributed by atoms with Gasteiger partial charge in [0.2, 0.25) is 12.4 Å². The van der Waals surface area contributed by atoms with Crippen molar-refractivity contribution in [2.24, 2.45) is 0 Å². The van der Waals surface area contributed by atoms with E-state index in [1.54, 1.807) is 16.7 Å².